The minimum Gasteiger partial charge on any atom is -0.325 e. The molecule has 1 unspecified atom stereocenters. The first-order valence-corrected chi connectivity index (χ1v) is 7.58. The van der Waals surface area contributed by atoms with Crippen LogP contribution in [0.5, 0.6) is 0 Å². The van der Waals surface area contributed by atoms with Crippen molar-refractivity contribution in [3.63, 3.8) is 0 Å². The second-order valence-electron chi connectivity index (χ2n) is 3.81. The zero-order valence-corrected chi connectivity index (χ0v) is 13.1. The summed E-state index contributed by atoms with van der Waals surface area (Å²) in [6.07, 6.45) is 0. The van der Waals surface area contributed by atoms with Gasteiger partial charge < -0.3 is 10.6 Å². The minimum atomic E-state index is -0.199. The Bertz CT molecular complexity index is 374. The number of hydrogen-bond acceptors (Lipinski definition) is 2. The van der Waals surface area contributed by atoms with Crippen molar-refractivity contribution in [3.05, 3.63) is 29.3 Å². The van der Waals surface area contributed by atoms with Gasteiger partial charge in [0.25, 0.3) is 0 Å². The van der Waals surface area contributed by atoms with Crippen molar-refractivity contribution in [1.82, 2.24) is 5.32 Å². The molecule has 17 heavy (non-hydrogen) atoms. The molecule has 0 saturated carbocycles. The van der Waals surface area contributed by atoms with Crippen LogP contribution in [0.1, 0.15) is 18.1 Å². The van der Waals surface area contributed by atoms with E-state index in [1.165, 1.54) is 0 Å². The fourth-order valence-electron chi connectivity index (χ4n) is 1.37. The number of carbonyl (C=O) groups excluding carboxylic acids is 1. The first-order chi connectivity index (χ1) is 8.10. The van der Waals surface area contributed by atoms with Crippen LogP contribution in [0.3, 0.4) is 0 Å². The monoisotopic (exact) mass is 362 g/mol. The molecule has 0 fully saturated rings. The van der Waals surface area contributed by atoms with Crippen LogP contribution in [0.2, 0.25) is 0 Å². The van der Waals surface area contributed by atoms with Crippen LogP contribution in [-0.4, -0.2) is 19.0 Å². The molecule has 3 nitrogen and oxygen atoms in total. The van der Waals surface area contributed by atoms with E-state index in [1.54, 1.807) is 7.05 Å². The van der Waals surface area contributed by atoms with Crippen molar-refractivity contribution >= 4 is 43.5 Å². The van der Waals surface area contributed by atoms with E-state index >= 15 is 0 Å². The normalized spacial score (nSPS) is 12.2. The number of alkyl halides is 2. The highest BCUT2D eigenvalue weighted by Crippen LogP contribution is 2.19. The number of amides is 1. The molecule has 1 atom stereocenters. The summed E-state index contributed by atoms with van der Waals surface area (Å²) in [5.41, 5.74) is 3.13. The number of nitrogens with one attached hydrogen (secondary N) is 2. The molecule has 0 aliphatic carbocycles. The Morgan fingerprint density at radius 3 is 2.18 bits per heavy atom. The largest absolute Gasteiger partial charge is 0.325 e. The van der Waals surface area contributed by atoms with Gasteiger partial charge in [0.15, 0.2) is 0 Å². The molecule has 94 valence electrons. The number of halogens is 2. The summed E-state index contributed by atoms with van der Waals surface area (Å²) >= 11 is 6.85. The van der Waals surface area contributed by atoms with Crippen LogP contribution in [0.15, 0.2) is 18.2 Å². The van der Waals surface area contributed by atoms with Gasteiger partial charge in [0.05, 0.1) is 6.04 Å². The molecule has 5 heteroatoms. The topological polar surface area (TPSA) is 41.1 Å². The third-order valence-electron chi connectivity index (χ3n) is 2.46. The zero-order valence-electron chi connectivity index (χ0n) is 9.89. The number of hydrogen-bond donors (Lipinski definition) is 2. The highest BCUT2D eigenvalue weighted by molar-refractivity contribution is 9.08. The third-order valence-corrected chi connectivity index (χ3v) is 3.75. The fourth-order valence-corrected chi connectivity index (χ4v) is 2.02. The molecular formula is C12H16Br2N2O. The van der Waals surface area contributed by atoms with Gasteiger partial charge in [-0.2, -0.15) is 0 Å². The molecule has 0 radical (unpaired) electrons. The van der Waals surface area contributed by atoms with Crippen LogP contribution < -0.4 is 10.6 Å². The molecule has 0 aromatic heterocycles. The molecule has 1 aromatic carbocycles. The first-order valence-electron chi connectivity index (χ1n) is 5.33. The van der Waals surface area contributed by atoms with Crippen LogP contribution in [0, 0.1) is 0 Å². The quantitative estimate of drug-likeness (QED) is 0.789. The third kappa shape index (κ3) is 4.41. The second-order valence-corrected chi connectivity index (χ2v) is 4.93. The number of likely N-dealkylation sites (N-methyl/N-ethyl adjacent to an activating group) is 1. The van der Waals surface area contributed by atoms with Gasteiger partial charge in [-0.1, -0.05) is 37.9 Å². The van der Waals surface area contributed by atoms with Crippen molar-refractivity contribution in [3.8, 4) is 0 Å². The first kappa shape index (κ1) is 14.7. The molecule has 2 N–H and O–H groups in total. The molecule has 0 aliphatic heterocycles. The van der Waals surface area contributed by atoms with Crippen molar-refractivity contribution in [2.75, 3.05) is 12.4 Å². The molecular weight excluding hydrogens is 348 g/mol. The smallest absolute Gasteiger partial charge is 0.241 e. The van der Waals surface area contributed by atoms with Gasteiger partial charge in [-0.3, -0.25) is 4.79 Å². The average molecular weight is 364 g/mol. The maximum atomic E-state index is 11.7. The maximum Gasteiger partial charge on any atom is 0.241 e. The summed E-state index contributed by atoms with van der Waals surface area (Å²) in [7, 11) is 1.77. The van der Waals surface area contributed by atoms with Crippen molar-refractivity contribution in [2.24, 2.45) is 0 Å². The summed E-state index contributed by atoms with van der Waals surface area (Å²) in [6, 6.07) is 5.85. The Hall–Kier alpha value is -0.390. The molecule has 0 spiro atoms. The van der Waals surface area contributed by atoms with Gasteiger partial charge in [-0.15, -0.1) is 0 Å². The van der Waals surface area contributed by atoms with Crippen LogP contribution in [-0.2, 0) is 15.5 Å². The molecule has 0 aliphatic rings. The summed E-state index contributed by atoms with van der Waals surface area (Å²) in [4.78, 5) is 11.7. The van der Waals surface area contributed by atoms with Gasteiger partial charge in [-0.05, 0) is 37.2 Å². The lowest BCUT2D eigenvalue weighted by Gasteiger charge is -2.12. The fraction of sp³-hybridized carbons (Fsp3) is 0.417. The van der Waals surface area contributed by atoms with E-state index in [-0.39, 0.29) is 11.9 Å². The predicted octanol–water partition coefficient (Wildman–Crippen LogP) is 3.02. The van der Waals surface area contributed by atoms with Crippen LogP contribution in [0.25, 0.3) is 0 Å². The van der Waals surface area contributed by atoms with Crippen molar-refractivity contribution < 1.29 is 4.79 Å². The molecule has 1 aromatic rings. The summed E-state index contributed by atoms with van der Waals surface area (Å²) in [6.45, 7) is 1.83. The molecule has 0 heterocycles. The van der Waals surface area contributed by atoms with Gasteiger partial charge in [0.2, 0.25) is 5.91 Å². The zero-order chi connectivity index (χ0) is 12.8. The number of anilines is 1. The number of carbonyl (C=O) groups is 1. The van der Waals surface area contributed by atoms with Gasteiger partial charge >= 0.3 is 0 Å². The maximum absolute atomic E-state index is 11.7. The van der Waals surface area contributed by atoms with E-state index in [0.29, 0.717) is 0 Å². The molecule has 1 amide bonds. The lowest BCUT2D eigenvalue weighted by Crippen LogP contribution is -2.35. The van der Waals surface area contributed by atoms with Crippen molar-refractivity contribution in [1.29, 1.82) is 0 Å². The summed E-state index contributed by atoms with van der Waals surface area (Å²) in [5.74, 6) is -0.0280. The highest BCUT2D eigenvalue weighted by atomic mass is 79.9. The van der Waals surface area contributed by atoms with E-state index < -0.39 is 0 Å². The number of rotatable bonds is 5. The lowest BCUT2D eigenvalue weighted by molar-refractivity contribution is -0.117. The van der Waals surface area contributed by atoms with Crippen LogP contribution >= 0.6 is 31.9 Å². The van der Waals surface area contributed by atoms with E-state index in [2.05, 4.69) is 48.6 Å². The summed E-state index contributed by atoms with van der Waals surface area (Å²) in [5, 5.41) is 7.36. The Morgan fingerprint density at radius 2 is 1.76 bits per heavy atom. The molecule has 0 saturated heterocycles. The van der Waals surface area contributed by atoms with Crippen LogP contribution in [0.4, 0.5) is 5.69 Å². The van der Waals surface area contributed by atoms with Gasteiger partial charge in [0, 0.05) is 16.3 Å². The molecule has 0 bridgehead atoms. The highest BCUT2D eigenvalue weighted by Gasteiger charge is 2.10. The predicted molar refractivity (Wildman–Crippen MR) is 78.9 cm³/mol. The average Bonchev–Trinajstić information content (AvgIpc) is 2.36. The second kappa shape index (κ2) is 7.13. The van der Waals surface area contributed by atoms with E-state index in [9.17, 15) is 4.79 Å². The Kier molecular flexibility index (Phi) is 6.16. The lowest BCUT2D eigenvalue weighted by atomic mass is 10.1. The Morgan fingerprint density at radius 1 is 1.24 bits per heavy atom. The van der Waals surface area contributed by atoms with E-state index in [4.69, 9.17) is 0 Å². The van der Waals surface area contributed by atoms with E-state index in [0.717, 1.165) is 27.5 Å². The standard InChI is InChI=1S/C12H16Br2N2O/c1-8(15-2)12(17)16-11-4-9(6-13)3-10(5-11)7-14/h3-5,8,15H,6-7H2,1-2H3,(H,16,17). The SMILES string of the molecule is CNC(C)C(=O)Nc1cc(CBr)cc(CBr)c1. The number of benzene rings is 1. The van der Waals surface area contributed by atoms with Gasteiger partial charge in [-0.25, -0.2) is 0 Å². The van der Waals surface area contributed by atoms with Crippen molar-refractivity contribution in [2.45, 2.75) is 23.6 Å². The Balaban J connectivity index is 2.86. The Labute approximate surface area is 119 Å². The minimum absolute atomic E-state index is 0.0280. The van der Waals surface area contributed by atoms with Gasteiger partial charge in [0.1, 0.15) is 0 Å². The van der Waals surface area contributed by atoms with E-state index in [1.807, 2.05) is 19.1 Å². The summed E-state index contributed by atoms with van der Waals surface area (Å²) < 4.78 is 0. The molecule has 1 rings (SSSR count).